The van der Waals surface area contributed by atoms with E-state index in [0.29, 0.717) is 49.3 Å². The fourth-order valence-electron chi connectivity index (χ4n) is 3.55. The Labute approximate surface area is 215 Å². The number of carbonyl (C=O) groups excluding carboxylic acids is 1. The lowest BCUT2D eigenvalue weighted by molar-refractivity contribution is -0.111. The molecular weight excluding hydrogens is 507 g/mol. The number of nitrogens with one attached hydrogen (secondary N) is 1. The van der Waals surface area contributed by atoms with Gasteiger partial charge in [0.25, 0.3) is 0 Å². The molecule has 2 aromatic heterocycles. The van der Waals surface area contributed by atoms with Crippen molar-refractivity contribution in [2.24, 2.45) is 0 Å². The molecule has 0 spiro atoms. The van der Waals surface area contributed by atoms with E-state index in [2.05, 4.69) is 10.3 Å². The number of hydrogen-bond acceptors (Lipinski definition) is 4. The van der Waals surface area contributed by atoms with Crippen LogP contribution in [0.3, 0.4) is 0 Å². The number of benzene rings is 3. The Morgan fingerprint density at radius 1 is 0.914 bits per heavy atom. The summed E-state index contributed by atoms with van der Waals surface area (Å²) >= 11 is 18.5. The fraction of sp³-hybridized carbons (Fsp3) is 0.0370. The van der Waals surface area contributed by atoms with Crippen molar-refractivity contribution in [1.29, 1.82) is 0 Å². The summed E-state index contributed by atoms with van der Waals surface area (Å²) in [5.74, 6) is 1.14. The van der Waals surface area contributed by atoms with Gasteiger partial charge >= 0.3 is 0 Å². The minimum atomic E-state index is -0.338. The normalized spacial score (nSPS) is 11.4. The monoisotopic (exact) mass is 522 g/mol. The van der Waals surface area contributed by atoms with Gasteiger partial charge in [0.05, 0.1) is 10.6 Å². The predicted octanol–water partition coefficient (Wildman–Crippen LogP) is 8.68. The third kappa shape index (κ3) is 5.28. The van der Waals surface area contributed by atoms with Gasteiger partial charge in [-0.15, -0.1) is 0 Å². The minimum Gasteiger partial charge on any atom is -0.457 e. The van der Waals surface area contributed by atoms with Crippen molar-refractivity contribution in [3.63, 3.8) is 0 Å². The zero-order chi connectivity index (χ0) is 24.5. The van der Waals surface area contributed by atoms with Crippen molar-refractivity contribution in [2.45, 2.75) is 6.92 Å². The average molecular weight is 524 g/mol. The highest BCUT2D eigenvalue weighted by Crippen LogP contribution is 2.33. The number of halogens is 3. The van der Waals surface area contributed by atoms with Crippen molar-refractivity contribution in [2.75, 3.05) is 5.32 Å². The first-order chi connectivity index (χ1) is 16.8. The molecule has 8 heteroatoms. The molecule has 1 N–H and O–H groups in total. The third-order valence-electron chi connectivity index (χ3n) is 5.18. The second-order valence-electron chi connectivity index (χ2n) is 7.87. The number of aryl methyl sites for hydroxylation is 1. The minimum absolute atomic E-state index is 0.338. The van der Waals surface area contributed by atoms with Gasteiger partial charge in [-0.05, 0) is 79.2 Å². The highest BCUT2D eigenvalue weighted by molar-refractivity contribution is 6.35. The fourth-order valence-corrected chi connectivity index (χ4v) is 4.27. The molecule has 0 aliphatic carbocycles. The van der Waals surface area contributed by atoms with Crippen LogP contribution < -0.4 is 5.32 Å². The first kappa shape index (κ1) is 23.2. The van der Waals surface area contributed by atoms with Crippen LogP contribution in [-0.2, 0) is 4.79 Å². The van der Waals surface area contributed by atoms with Gasteiger partial charge in [0.1, 0.15) is 17.0 Å². The molecule has 1 amide bonds. The van der Waals surface area contributed by atoms with Crippen molar-refractivity contribution in [1.82, 2.24) is 4.98 Å². The molecule has 0 saturated carbocycles. The highest BCUT2D eigenvalue weighted by atomic mass is 35.5. The summed E-state index contributed by atoms with van der Waals surface area (Å²) in [4.78, 5) is 17.0. The Hall–Kier alpha value is -3.51. The maximum absolute atomic E-state index is 12.5. The van der Waals surface area contributed by atoms with E-state index in [-0.39, 0.29) is 5.91 Å². The van der Waals surface area contributed by atoms with Crippen LogP contribution in [0.5, 0.6) is 0 Å². The van der Waals surface area contributed by atoms with Crippen LogP contribution >= 0.6 is 34.8 Å². The van der Waals surface area contributed by atoms with Gasteiger partial charge in [0.2, 0.25) is 11.8 Å². The van der Waals surface area contributed by atoms with E-state index in [1.165, 1.54) is 6.08 Å². The number of amides is 1. The molecule has 0 aliphatic heterocycles. The van der Waals surface area contributed by atoms with E-state index in [1.807, 2.05) is 25.1 Å². The van der Waals surface area contributed by atoms with Crippen LogP contribution in [-0.4, -0.2) is 10.9 Å². The summed E-state index contributed by atoms with van der Waals surface area (Å²) in [7, 11) is 0. The second kappa shape index (κ2) is 9.62. The van der Waals surface area contributed by atoms with Gasteiger partial charge < -0.3 is 14.2 Å². The van der Waals surface area contributed by atoms with E-state index < -0.39 is 0 Å². The highest BCUT2D eigenvalue weighted by Gasteiger charge is 2.13. The van der Waals surface area contributed by atoms with Crippen molar-refractivity contribution < 1.29 is 13.6 Å². The van der Waals surface area contributed by atoms with Crippen molar-refractivity contribution in [3.8, 4) is 22.8 Å². The lowest BCUT2D eigenvalue weighted by Crippen LogP contribution is -2.07. The number of rotatable bonds is 5. The Bertz CT molecular complexity index is 1580. The summed E-state index contributed by atoms with van der Waals surface area (Å²) in [6.45, 7) is 1.98. The summed E-state index contributed by atoms with van der Waals surface area (Å²) in [6, 6.07) is 19.6. The number of oxazole rings is 1. The lowest BCUT2D eigenvalue weighted by Gasteiger charge is -2.05. The number of aromatic nitrogens is 1. The van der Waals surface area contributed by atoms with Crippen LogP contribution in [0, 0.1) is 6.92 Å². The van der Waals surface area contributed by atoms with E-state index in [4.69, 9.17) is 43.6 Å². The number of fused-ring (bicyclic) bond motifs is 1. The zero-order valence-corrected chi connectivity index (χ0v) is 20.6. The number of nitrogens with zero attached hydrogens (tertiary/aromatic N) is 1. The Balaban J connectivity index is 1.32. The van der Waals surface area contributed by atoms with E-state index in [9.17, 15) is 4.79 Å². The summed E-state index contributed by atoms with van der Waals surface area (Å²) in [5.41, 5.74) is 4.35. The number of carbonyl (C=O) groups is 1. The van der Waals surface area contributed by atoms with Crippen molar-refractivity contribution in [3.05, 3.63) is 99.2 Å². The van der Waals surface area contributed by atoms with Crippen molar-refractivity contribution >= 4 is 63.6 Å². The molecule has 0 radical (unpaired) electrons. The SMILES string of the molecule is Cc1ccc2nc(-c3cc(NC(=O)/C=C/c4ccc(-c5cc(Cl)cc(Cl)c5)o4)ccc3Cl)oc2c1. The number of furan rings is 1. The molecule has 5 aromatic rings. The van der Waals surface area contributed by atoms with Crippen LogP contribution in [0.15, 0.2) is 81.6 Å². The summed E-state index contributed by atoms with van der Waals surface area (Å²) in [6.07, 6.45) is 2.95. The number of anilines is 1. The smallest absolute Gasteiger partial charge is 0.248 e. The van der Waals surface area contributed by atoms with Gasteiger partial charge in [0.15, 0.2) is 5.58 Å². The average Bonchev–Trinajstić information content (AvgIpc) is 3.45. The zero-order valence-electron chi connectivity index (χ0n) is 18.3. The molecule has 5 nitrogen and oxygen atoms in total. The number of hydrogen-bond donors (Lipinski definition) is 1. The molecule has 2 heterocycles. The molecule has 0 atom stereocenters. The van der Waals surface area contributed by atoms with E-state index in [0.717, 1.165) is 16.6 Å². The Morgan fingerprint density at radius 3 is 2.51 bits per heavy atom. The maximum Gasteiger partial charge on any atom is 0.248 e. The van der Waals surface area contributed by atoms with E-state index >= 15 is 0 Å². The first-order valence-corrected chi connectivity index (χ1v) is 11.7. The van der Waals surface area contributed by atoms with Gasteiger partial charge in [0, 0.05) is 27.4 Å². The quantitative estimate of drug-likeness (QED) is 0.234. The standard InChI is InChI=1S/C27H17Cl3N2O3/c1-15-2-7-23-25(10-15)35-27(32-23)21-14-19(3-6-22(21)30)31-26(33)9-5-20-4-8-24(34-20)16-11-17(28)13-18(29)12-16/h2-14H,1H3,(H,31,33)/b9-5+. The largest absolute Gasteiger partial charge is 0.457 e. The molecule has 0 saturated heterocycles. The maximum atomic E-state index is 12.5. The summed E-state index contributed by atoms with van der Waals surface area (Å²) in [5, 5.41) is 4.30. The molecule has 174 valence electrons. The second-order valence-corrected chi connectivity index (χ2v) is 9.15. The van der Waals surface area contributed by atoms with E-state index in [1.54, 1.807) is 54.6 Å². The molecule has 3 aromatic carbocycles. The Kier molecular flexibility index (Phi) is 6.39. The molecule has 35 heavy (non-hydrogen) atoms. The van der Waals surface area contributed by atoms with Crippen LogP contribution in [0.25, 0.3) is 40.0 Å². The predicted molar refractivity (Wildman–Crippen MR) is 141 cm³/mol. The molecule has 0 fully saturated rings. The summed E-state index contributed by atoms with van der Waals surface area (Å²) < 4.78 is 11.7. The molecule has 0 unspecified atom stereocenters. The molecule has 0 aliphatic rings. The van der Waals surface area contributed by atoms with Crippen LogP contribution in [0.1, 0.15) is 11.3 Å². The Morgan fingerprint density at radius 2 is 1.71 bits per heavy atom. The van der Waals surface area contributed by atoms with Crippen LogP contribution in [0.2, 0.25) is 15.1 Å². The molecule has 0 bridgehead atoms. The van der Waals surface area contributed by atoms with Gasteiger partial charge in [-0.25, -0.2) is 4.98 Å². The first-order valence-electron chi connectivity index (χ1n) is 10.6. The van der Waals surface area contributed by atoms with Gasteiger partial charge in [-0.1, -0.05) is 40.9 Å². The van der Waals surface area contributed by atoms with Crippen LogP contribution in [0.4, 0.5) is 5.69 Å². The molecule has 5 rings (SSSR count). The topological polar surface area (TPSA) is 68.3 Å². The molecular formula is C27H17Cl3N2O3. The lowest BCUT2D eigenvalue weighted by atomic mass is 10.2. The van der Waals surface area contributed by atoms with Gasteiger partial charge in [-0.2, -0.15) is 0 Å². The van der Waals surface area contributed by atoms with Gasteiger partial charge in [-0.3, -0.25) is 4.79 Å². The third-order valence-corrected chi connectivity index (χ3v) is 5.95.